The molecule has 1 amide bonds. The Morgan fingerprint density at radius 3 is 2.75 bits per heavy atom. The molecule has 0 atom stereocenters. The molecule has 0 unspecified atom stereocenters. The standard InChI is InChI=1S/C13H13F3N2O2/c14-13(15,16)4-1-5-18-12(19)11-7-8-6-9(17)2-3-10(8)20-11/h2-3,6-7H,1,4-5,17H2,(H,18,19). The number of nitrogens with two attached hydrogens (primary N) is 1. The molecule has 20 heavy (non-hydrogen) atoms. The van der Waals surface area contributed by atoms with Crippen LogP contribution in [0.4, 0.5) is 18.9 Å². The van der Waals surface area contributed by atoms with Crippen molar-refractivity contribution in [3.63, 3.8) is 0 Å². The number of hydrogen-bond donors (Lipinski definition) is 2. The highest BCUT2D eigenvalue weighted by atomic mass is 19.4. The Bertz CT molecular complexity index is 620. The van der Waals surface area contributed by atoms with Crippen LogP contribution in [0.25, 0.3) is 11.0 Å². The first-order chi connectivity index (χ1) is 9.35. The summed E-state index contributed by atoms with van der Waals surface area (Å²) in [6, 6.07) is 6.42. The molecule has 7 heteroatoms. The van der Waals surface area contributed by atoms with Gasteiger partial charge in [0.15, 0.2) is 5.76 Å². The molecule has 1 aromatic heterocycles. The van der Waals surface area contributed by atoms with Gasteiger partial charge in [0.1, 0.15) is 5.58 Å². The smallest absolute Gasteiger partial charge is 0.389 e. The highest BCUT2D eigenvalue weighted by Gasteiger charge is 2.26. The van der Waals surface area contributed by atoms with Crippen molar-refractivity contribution in [2.24, 2.45) is 0 Å². The van der Waals surface area contributed by atoms with Crippen molar-refractivity contribution >= 4 is 22.6 Å². The Morgan fingerprint density at radius 2 is 2.05 bits per heavy atom. The predicted octanol–water partition coefficient (Wildman–Crippen LogP) is 3.09. The molecule has 3 N–H and O–H groups in total. The number of carbonyl (C=O) groups is 1. The summed E-state index contributed by atoms with van der Waals surface area (Å²) in [7, 11) is 0. The molecule has 0 saturated carbocycles. The van der Waals surface area contributed by atoms with E-state index < -0.39 is 18.5 Å². The van der Waals surface area contributed by atoms with Crippen LogP contribution in [0.3, 0.4) is 0 Å². The second kappa shape index (κ2) is 5.44. The Hall–Kier alpha value is -2.18. The summed E-state index contributed by atoms with van der Waals surface area (Å²) in [5.74, 6) is -0.487. The Morgan fingerprint density at radius 1 is 1.30 bits per heavy atom. The summed E-state index contributed by atoms with van der Waals surface area (Å²) < 4.78 is 41.1. The zero-order valence-electron chi connectivity index (χ0n) is 10.5. The summed E-state index contributed by atoms with van der Waals surface area (Å²) >= 11 is 0. The summed E-state index contributed by atoms with van der Waals surface area (Å²) in [5, 5.41) is 3.05. The van der Waals surface area contributed by atoms with Gasteiger partial charge in [0, 0.05) is 24.0 Å². The number of amides is 1. The summed E-state index contributed by atoms with van der Waals surface area (Å²) in [5.41, 5.74) is 6.64. The Labute approximate surface area is 112 Å². The van der Waals surface area contributed by atoms with E-state index in [1.54, 1.807) is 18.2 Å². The monoisotopic (exact) mass is 286 g/mol. The van der Waals surface area contributed by atoms with Gasteiger partial charge in [0.05, 0.1) is 0 Å². The fourth-order valence-electron chi connectivity index (χ4n) is 1.75. The number of halogens is 3. The number of alkyl halides is 3. The number of furan rings is 1. The molecule has 2 aromatic rings. The SMILES string of the molecule is Nc1ccc2oc(C(=O)NCCCC(F)(F)F)cc2c1. The Kier molecular flexibility index (Phi) is 3.87. The first-order valence-corrected chi connectivity index (χ1v) is 5.99. The van der Waals surface area contributed by atoms with Crippen LogP contribution in [0.15, 0.2) is 28.7 Å². The van der Waals surface area contributed by atoms with E-state index in [9.17, 15) is 18.0 Å². The van der Waals surface area contributed by atoms with Gasteiger partial charge >= 0.3 is 6.18 Å². The van der Waals surface area contributed by atoms with E-state index in [1.807, 2.05) is 0 Å². The highest BCUT2D eigenvalue weighted by molar-refractivity contribution is 5.96. The number of nitrogens with one attached hydrogen (secondary N) is 1. The van der Waals surface area contributed by atoms with E-state index >= 15 is 0 Å². The van der Waals surface area contributed by atoms with E-state index in [0.717, 1.165) is 0 Å². The van der Waals surface area contributed by atoms with Crippen LogP contribution in [-0.2, 0) is 0 Å². The largest absolute Gasteiger partial charge is 0.451 e. The normalized spacial score (nSPS) is 11.8. The van der Waals surface area contributed by atoms with Crippen LogP contribution in [0.5, 0.6) is 0 Å². The van der Waals surface area contributed by atoms with E-state index in [2.05, 4.69) is 5.32 Å². The lowest BCUT2D eigenvalue weighted by Gasteiger charge is -2.06. The van der Waals surface area contributed by atoms with Crippen molar-refractivity contribution in [3.8, 4) is 0 Å². The zero-order chi connectivity index (χ0) is 14.8. The van der Waals surface area contributed by atoms with E-state index in [-0.39, 0.29) is 18.7 Å². The molecule has 1 heterocycles. The lowest BCUT2D eigenvalue weighted by molar-refractivity contribution is -0.135. The quantitative estimate of drug-likeness (QED) is 0.670. The van der Waals surface area contributed by atoms with E-state index in [4.69, 9.17) is 10.2 Å². The van der Waals surface area contributed by atoms with Crippen molar-refractivity contribution in [2.45, 2.75) is 19.0 Å². The van der Waals surface area contributed by atoms with Crippen molar-refractivity contribution in [3.05, 3.63) is 30.0 Å². The molecule has 4 nitrogen and oxygen atoms in total. The van der Waals surface area contributed by atoms with Crippen LogP contribution in [0.2, 0.25) is 0 Å². The molecule has 0 aliphatic carbocycles. The van der Waals surface area contributed by atoms with Crippen molar-refractivity contribution in [2.75, 3.05) is 12.3 Å². The van der Waals surface area contributed by atoms with Crippen LogP contribution in [0.1, 0.15) is 23.4 Å². The van der Waals surface area contributed by atoms with E-state index in [1.165, 1.54) is 6.07 Å². The van der Waals surface area contributed by atoms with Gasteiger partial charge in [0.25, 0.3) is 5.91 Å². The summed E-state index contributed by atoms with van der Waals surface area (Å²) in [6.07, 6.45) is -5.30. The molecule has 0 spiro atoms. The van der Waals surface area contributed by atoms with E-state index in [0.29, 0.717) is 16.7 Å². The molecule has 0 aliphatic rings. The fraction of sp³-hybridized carbons (Fsp3) is 0.308. The van der Waals surface area contributed by atoms with Gasteiger partial charge in [-0.15, -0.1) is 0 Å². The minimum atomic E-state index is -4.21. The molecule has 2 rings (SSSR count). The molecular weight excluding hydrogens is 273 g/mol. The number of benzene rings is 1. The average molecular weight is 286 g/mol. The molecule has 108 valence electrons. The van der Waals surface area contributed by atoms with Crippen molar-refractivity contribution in [1.29, 1.82) is 0 Å². The summed E-state index contributed by atoms with van der Waals surface area (Å²) in [6.45, 7) is -0.0580. The average Bonchev–Trinajstić information content (AvgIpc) is 2.76. The first kappa shape index (κ1) is 14.2. The number of anilines is 1. The highest BCUT2D eigenvalue weighted by Crippen LogP contribution is 2.22. The maximum Gasteiger partial charge on any atom is 0.389 e. The third-order valence-electron chi connectivity index (χ3n) is 2.69. The number of fused-ring (bicyclic) bond motifs is 1. The maximum atomic E-state index is 11.9. The summed E-state index contributed by atoms with van der Waals surface area (Å²) in [4.78, 5) is 11.7. The van der Waals surface area contributed by atoms with Gasteiger partial charge in [-0.2, -0.15) is 13.2 Å². The zero-order valence-corrected chi connectivity index (χ0v) is 10.5. The third-order valence-corrected chi connectivity index (χ3v) is 2.69. The van der Waals surface area contributed by atoms with Crippen LogP contribution in [0, 0.1) is 0 Å². The lowest BCUT2D eigenvalue weighted by atomic mass is 10.2. The van der Waals surface area contributed by atoms with Crippen LogP contribution in [-0.4, -0.2) is 18.6 Å². The number of carbonyl (C=O) groups excluding carboxylic acids is 1. The lowest BCUT2D eigenvalue weighted by Crippen LogP contribution is -2.25. The fourth-order valence-corrected chi connectivity index (χ4v) is 1.75. The van der Waals surface area contributed by atoms with Gasteiger partial charge in [-0.1, -0.05) is 0 Å². The minimum absolute atomic E-state index is 0.0533. The molecule has 0 aliphatic heterocycles. The first-order valence-electron chi connectivity index (χ1n) is 5.99. The van der Waals surface area contributed by atoms with Gasteiger partial charge in [-0.25, -0.2) is 0 Å². The minimum Gasteiger partial charge on any atom is -0.451 e. The molecular formula is C13H13F3N2O2. The third kappa shape index (κ3) is 3.66. The molecule has 0 radical (unpaired) electrons. The van der Waals surface area contributed by atoms with Gasteiger partial charge < -0.3 is 15.5 Å². The van der Waals surface area contributed by atoms with Gasteiger partial charge in [-0.3, -0.25) is 4.79 Å². The van der Waals surface area contributed by atoms with Crippen LogP contribution >= 0.6 is 0 Å². The molecule has 0 fully saturated rings. The number of hydrogen-bond acceptors (Lipinski definition) is 3. The predicted molar refractivity (Wildman–Crippen MR) is 68.2 cm³/mol. The number of nitrogen functional groups attached to an aromatic ring is 1. The Balaban J connectivity index is 1.94. The molecule has 0 saturated heterocycles. The topological polar surface area (TPSA) is 68.3 Å². The second-order valence-corrected chi connectivity index (χ2v) is 4.38. The maximum absolute atomic E-state index is 11.9. The molecule has 0 bridgehead atoms. The van der Waals surface area contributed by atoms with Gasteiger partial charge in [0.2, 0.25) is 0 Å². The van der Waals surface area contributed by atoms with Gasteiger partial charge in [-0.05, 0) is 30.7 Å². The number of rotatable bonds is 4. The second-order valence-electron chi connectivity index (χ2n) is 4.38. The van der Waals surface area contributed by atoms with Crippen LogP contribution < -0.4 is 11.1 Å². The van der Waals surface area contributed by atoms with Crippen molar-refractivity contribution < 1.29 is 22.4 Å². The molecule has 1 aromatic carbocycles. The van der Waals surface area contributed by atoms with Crippen molar-refractivity contribution in [1.82, 2.24) is 5.32 Å².